The van der Waals surface area contributed by atoms with Gasteiger partial charge in [0.2, 0.25) is 11.8 Å². The topological polar surface area (TPSA) is 69.6 Å². The maximum atomic E-state index is 11.9. The van der Waals surface area contributed by atoms with Gasteiger partial charge in [0.25, 0.3) is 0 Å². The molecule has 2 N–H and O–H groups in total. The van der Waals surface area contributed by atoms with Crippen molar-refractivity contribution >= 4 is 11.8 Å². The molecule has 2 amide bonds. The number of hydrogen-bond donors (Lipinski definition) is 2. The Bertz CT molecular complexity index is 316. The van der Waals surface area contributed by atoms with E-state index in [2.05, 4.69) is 5.32 Å². The summed E-state index contributed by atoms with van der Waals surface area (Å²) in [6, 6.07) is 0. The molecule has 0 radical (unpaired) electrons. The van der Waals surface area contributed by atoms with Crippen molar-refractivity contribution < 1.29 is 14.7 Å². The van der Waals surface area contributed by atoms with Gasteiger partial charge in [0.1, 0.15) is 0 Å². The van der Waals surface area contributed by atoms with E-state index >= 15 is 0 Å². The van der Waals surface area contributed by atoms with E-state index in [0.717, 1.165) is 0 Å². The Hall–Kier alpha value is -0.940. The van der Waals surface area contributed by atoms with Crippen LogP contribution in [0.4, 0.5) is 0 Å². The average molecular weight is 226 g/mol. The first-order chi connectivity index (χ1) is 7.41. The predicted molar refractivity (Wildman–Crippen MR) is 57.4 cm³/mol. The summed E-state index contributed by atoms with van der Waals surface area (Å²) in [6.45, 7) is 4.39. The zero-order chi connectivity index (χ0) is 12.1. The zero-order valence-corrected chi connectivity index (χ0v) is 9.86. The van der Waals surface area contributed by atoms with Gasteiger partial charge in [0, 0.05) is 6.54 Å². The monoisotopic (exact) mass is 226 g/mol. The highest BCUT2D eigenvalue weighted by molar-refractivity contribution is 6.10. The molecule has 2 fully saturated rings. The normalized spacial score (nSPS) is 32.9. The van der Waals surface area contributed by atoms with E-state index < -0.39 is 6.10 Å². The van der Waals surface area contributed by atoms with E-state index in [4.69, 9.17) is 0 Å². The number of fused-ring (bicyclic) bond motifs is 1. The van der Waals surface area contributed by atoms with Crippen LogP contribution < -0.4 is 5.32 Å². The fourth-order valence-corrected chi connectivity index (χ4v) is 2.69. The highest BCUT2D eigenvalue weighted by Gasteiger charge is 2.72. The molecule has 1 heterocycles. The highest BCUT2D eigenvalue weighted by Crippen LogP contribution is 2.63. The van der Waals surface area contributed by atoms with Crippen molar-refractivity contribution in [3.63, 3.8) is 0 Å². The number of amides is 2. The molecule has 0 bridgehead atoms. The summed E-state index contributed by atoms with van der Waals surface area (Å²) in [5, 5.41) is 12.4. The van der Waals surface area contributed by atoms with Crippen LogP contribution in [0.3, 0.4) is 0 Å². The van der Waals surface area contributed by atoms with Gasteiger partial charge in [0.05, 0.1) is 24.5 Å². The molecule has 0 aromatic rings. The Kier molecular flexibility index (Phi) is 2.55. The number of nitrogens with one attached hydrogen (secondary N) is 1. The second-order valence-corrected chi connectivity index (χ2v) is 5.28. The number of aliphatic hydroxyl groups is 1. The minimum absolute atomic E-state index is 0.113. The van der Waals surface area contributed by atoms with Crippen LogP contribution in [0.2, 0.25) is 0 Å². The number of carbonyl (C=O) groups excluding carboxylic acids is 2. The van der Waals surface area contributed by atoms with Gasteiger partial charge in [-0.2, -0.15) is 0 Å². The van der Waals surface area contributed by atoms with Crippen LogP contribution in [0, 0.1) is 17.3 Å². The number of carbonyl (C=O) groups is 2. The standard InChI is InChI=1S/C11H18N2O3/c1-11(2)7-8(11)10(16)13(9(7)15)5-6(14)4-12-3/h6-8,12,14H,4-5H2,1-3H3. The third-order valence-electron chi connectivity index (χ3n) is 3.72. The SMILES string of the molecule is CNCC(O)CN1C(=O)C2C(C1=O)C2(C)C. The highest BCUT2D eigenvalue weighted by atomic mass is 16.3. The summed E-state index contributed by atoms with van der Waals surface area (Å²) in [5.74, 6) is -0.533. The average Bonchev–Trinajstić information content (AvgIpc) is 2.66. The molecule has 5 nitrogen and oxygen atoms in total. The lowest BCUT2D eigenvalue weighted by Crippen LogP contribution is -2.43. The number of likely N-dealkylation sites (N-methyl/N-ethyl adjacent to an activating group) is 1. The molecular weight excluding hydrogens is 208 g/mol. The zero-order valence-electron chi connectivity index (χ0n) is 9.86. The summed E-state index contributed by atoms with van der Waals surface area (Å²) in [7, 11) is 1.72. The lowest BCUT2D eigenvalue weighted by Gasteiger charge is -2.22. The van der Waals surface area contributed by atoms with Crippen LogP contribution >= 0.6 is 0 Å². The lowest BCUT2D eigenvalue weighted by molar-refractivity contribution is -0.144. The first-order valence-corrected chi connectivity index (χ1v) is 5.59. The number of aliphatic hydroxyl groups excluding tert-OH is 1. The fourth-order valence-electron chi connectivity index (χ4n) is 2.69. The molecule has 1 saturated carbocycles. The van der Waals surface area contributed by atoms with Crippen LogP contribution in [-0.2, 0) is 9.59 Å². The lowest BCUT2D eigenvalue weighted by atomic mass is 10.1. The summed E-state index contributed by atoms with van der Waals surface area (Å²) >= 11 is 0. The van der Waals surface area contributed by atoms with Gasteiger partial charge in [-0.1, -0.05) is 13.8 Å². The maximum absolute atomic E-state index is 11.9. The van der Waals surface area contributed by atoms with Crippen molar-refractivity contribution in [3.05, 3.63) is 0 Å². The molecule has 0 aromatic carbocycles. The molecule has 2 aliphatic rings. The van der Waals surface area contributed by atoms with E-state index in [1.807, 2.05) is 13.8 Å². The van der Waals surface area contributed by atoms with Crippen molar-refractivity contribution in [2.45, 2.75) is 20.0 Å². The third-order valence-corrected chi connectivity index (χ3v) is 3.72. The molecule has 5 heteroatoms. The third kappa shape index (κ3) is 1.46. The van der Waals surface area contributed by atoms with E-state index in [0.29, 0.717) is 6.54 Å². The molecule has 3 unspecified atom stereocenters. The van der Waals surface area contributed by atoms with Gasteiger partial charge in [-0.15, -0.1) is 0 Å². The van der Waals surface area contributed by atoms with Crippen molar-refractivity contribution in [1.82, 2.24) is 10.2 Å². The summed E-state index contributed by atoms with van der Waals surface area (Å²) < 4.78 is 0. The van der Waals surface area contributed by atoms with Gasteiger partial charge in [-0.25, -0.2) is 0 Å². The van der Waals surface area contributed by atoms with E-state index in [9.17, 15) is 14.7 Å². The van der Waals surface area contributed by atoms with E-state index in [1.54, 1.807) is 7.05 Å². The smallest absolute Gasteiger partial charge is 0.233 e. The molecule has 90 valence electrons. The van der Waals surface area contributed by atoms with Crippen LogP contribution in [0.25, 0.3) is 0 Å². The van der Waals surface area contributed by atoms with Gasteiger partial charge in [0.15, 0.2) is 0 Å². The van der Waals surface area contributed by atoms with Crippen molar-refractivity contribution in [2.24, 2.45) is 17.3 Å². The van der Waals surface area contributed by atoms with Crippen LogP contribution in [-0.4, -0.2) is 48.1 Å². The minimum Gasteiger partial charge on any atom is -0.390 e. The van der Waals surface area contributed by atoms with Gasteiger partial charge in [-0.3, -0.25) is 14.5 Å². The number of piperidine rings is 1. The minimum atomic E-state index is -0.682. The number of nitrogens with zero attached hydrogens (tertiary/aromatic N) is 1. The van der Waals surface area contributed by atoms with Gasteiger partial charge < -0.3 is 10.4 Å². The van der Waals surface area contributed by atoms with Gasteiger partial charge >= 0.3 is 0 Å². The Balaban J connectivity index is 2.00. The molecule has 16 heavy (non-hydrogen) atoms. The second kappa shape index (κ2) is 3.53. The molecule has 0 aromatic heterocycles. The van der Waals surface area contributed by atoms with E-state index in [-0.39, 0.29) is 35.6 Å². The van der Waals surface area contributed by atoms with Crippen LogP contribution in [0.15, 0.2) is 0 Å². The van der Waals surface area contributed by atoms with Crippen molar-refractivity contribution in [2.75, 3.05) is 20.1 Å². The summed E-state index contributed by atoms with van der Waals surface area (Å²) in [4.78, 5) is 25.0. The quantitative estimate of drug-likeness (QED) is 0.616. The number of rotatable bonds is 4. The maximum Gasteiger partial charge on any atom is 0.233 e. The van der Waals surface area contributed by atoms with Gasteiger partial charge in [-0.05, 0) is 12.5 Å². The Morgan fingerprint density at radius 1 is 1.38 bits per heavy atom. The molecule has 1 saturated heterocycles. The summed E-state index contributed by atoms with van der Waals surface area (Å²) in [5.41, 5.74) is -0.168. The Labute approximate surface area is 94.8 Å². The first-order valence-electron chi connectivity index (χ1n) is 5.59. The predicted octanol–water partition coefficient (Wildman–Crippen LogP) is -0.792. The van der Waals surface area contributed by atoms with E-state index in [1.165, 1.54) is 4.90 Å². The molecule has 3 atom stereocenters. The molecule has 1 aliphatic carbocycles. The molecule has 2 rings (SSSR count). The number of imide groups is 1. The summed E-state index contributed by atoms with van der Waals surface area (Å²) in [6.07, 6.45) is -0.682. The molecular formula is C11H18N2O3. The fraction of sp³-hybridized carbons (Fsp3) is 0.818. The number of likely N-dealkylation sites (tertiary alicyclic amines) is 1. The second-order valence-electron chi connectivity index (χ2n) is 5.28. The molecule has 1 aliphatic heterocycles. The van der Waals surface area contributed by atoms with Crippen LogP contribution in [0.5, 0.6) is 0 Å². The molecule has 0 spiro atoms. The Morgan fingerprint density at radius 2 is 1.88 bits per heavy atom. The number of β-amino-alcohol motifs (C(OH)–C–C–N with tert-alkyl or cyclic N) is 1. The first kappa shape index (κ1) is 11.5. The van der Waals surface area contributed by atoms with Crippen molar-refractivity contribution in [3.8, 4) is 0 Å². The Morgan fingerprint density at radius 3 is 2.31 bits per heavy atom. The van der Waals surface area contributed by atoms with Crippen molar-refractivity contribution in [1.29, 1.82) is 0 Å². The number of hydrogen-bond acceptors (Lipinski definition) is 4. The largest absolute Gasteiger partial charge is 0.390 e. The van der Waals surface area contributed by atoms with Crippen LogP contribution in [0.1, 0.15) is 13.8 Å².